The summed E-state index contributed by atoms with van der Waals surface area (Å²) < 4.78 is 1.07. The molecule has 1 fully saturated rings. The van der Waals surface area contributed by atoms with Gasteiger partial charge in [-0.15, -0.1) is 0 Å². The van der Waals surface area contributed by atoms with Crippen LogP contribution in [-0.2, 0) is 6.54 Å². The molecule has 1 atom stereocenters. The summed E-state index contributed by atoms with van der Waals surface area (Å²) in [4.78, 5) is 9.08. The first-order valence-electron chi connectivity index (χ1n) is 7.88. The molecule has 0 amide bonds. The number of benzene rings is 1. The average molecular weight is 377 g/mol. The van der Waals surface area contributed by atoms with Gasteiger partial charge in [0.1, 0.15) is 5.82 Å². The summed E-state index contributed by atoms with van der Waals surface area (Å²) in [6.07, 6.45) is 2.38. The van der Waals surface area contributed by atoms with Gasteiger partial charge in [0.05, 0.1) is 12.3 Å². The Kier molecular flexibility index (Phi) is 5.13. The highest BCUT2D eigenvalue weighted by Gasteiger charge is 2.26. The van der Waals surface area contributed by atoms with Crippen LogP contribution < -0.4 is 10.6 Å². The number of hydrogen-bond donors (Lipinski definition) is 3. The van der Waals surface area contributed by atoms with E-state index >= 15 is 0 Å². The molecule has 0 unspecified atom stereocenters. The fraction of sp³-hybridized carbons (Fsp3) is 0.412. The fourth-order valence-electron chi connectivity index (χ4n) is 2.31. The summed E-state index contributed by atoms with van der Waals surface area (Å²) in [5.74, 6) is 1.94. The van der Waals surface area contributed by atoms with Crippen LogP contribution in [0, 0.1) is 0 Å². The Hall–Kier alpha value is -1.66. The van der Waals surface area contributed by atoms with Crippen LogP contribution in [0.25, 0.3) is 0 Å². The molecule has 1 aromatic carbocycles. The van der Waals surface area contributed by atoms with Crippen molar-refractivity contribution < 1.29 is 5.11 Å². The molecule has 1 heterocycles. The van der Waals surface area contributed by atoms with Gasteiger partial charge in [0.2, 0.25) is 5.95 Å². The second-order valence-electron chi connectivity index (χ2n) is 5.99. The Balaban J connectivity index is 1.74. The van der Waals surface area contributed by atoms with Gasteiger partial charge in [0.25, 0.3) is 0 Å². The molecule has 1 aromatic heterocycles. The third kappa shape index (κ3) is 4.65. The number of halogens is 1. The summed E-state index contributed by atoms with van der Waals surface area (Å²) >= 11 is 3.49. The molecule has 1 aliphatic carbocycles. The van der Waals surface area contributed by atoms with Gasteiger partial charge in [0.15, 0.2) is 0 Å². The first-order chi connectivity index (χ1) is 11.1. The van der Waals surface area contributed by atoms with Crippen LogP contribution in [0.2, 0.25) is 0 Å². The molecule has 0 spiro atoms. The van der Waals surface area contributed by atoms with E-state index in [2.05, 4.69) is 48.7 Å². The predicted molar refractivity (Wildman–Crippen MR) is 95.6 cm³/mol. The lowest BCUT2D eigenvalue weighted by molar-refractivity contribution is 0.281. The van der Waals surface area contributed by atoms with E-state index in [0.717, 1.165) is 16.0 Å². The first kappa shape index (κ1) is 16.2. The molecule has 122 valence electrons. The van der Waals surface area contributed by atoms with Gasteiger partial charge in [-0.25, -0.2) is 4.98 Å². The summed E-state index contributed by atoms with van der Waals surface area (Å²) in [6, 6.07) is 10.2. The number of aromatic nitrogens is 2. The summed E-state index contributed by atoms with van der Waals surface area (Å²) in [5, 5.41) is 15.7. The van der Waals surface area contributed by atoms with E-state index in [9.17, 15) is 5.11 Å². The third-order valence-corrected chi connectivity index (χ3v) is 4.25. The SMILES string of the molecule is C[C@@H](CO)Nc1nc(NCc2cccc(Br)c2)cc(C2CC2)n1. The molecule has 3 rings (SSSR count). The Morgan fingerprint density at radius 3 is 2.83 bits per heavy atom. The summed E-state index contributed by atoms with van der Waals surface area (Å²) in [7, 11) is 0. The van der Waals surface area contributed by atoms with Gasteiger partial charge in [0, 0.05) is 29.0 Å². The van der Waals surface area contributed by atoms with E-state index in [1.165, 1.54) is 18.4 Å². The lowest BCUT2D eigenvalue weighted by Gasteiger charge is -2.14. The van der Waals surface area contributed by atoms with E-state index in [-0.39, 0.29) is 12.6 Å². The fourth-order valence-corrected chi connectivity index (χ4v) is 2.76. The van der Waals surface area contributed by atoms with Crippen LogP contribution in [-0.4, -0.2) is 27.7 Å². The van der Waals surface area contributed by atoms with Crippen LogP contribution in [0.5, 0.6) is 0 Å². The zero-order valence-electron chi connectivity index (χ0n) is 13.1. The number of aliphatic hydroxyl groups excluding tert-OH is 1. The Bertz CT molecular complexity index is 675. The maximum absolute atomic E-state index is 9.20. The molecular formula is C17H21BrN4O. The number of anilines is 2. The summed E-state index contributed by atoms with van der Waals surface area (Å²) in [6.45, 7) is 2.66. The molecule has 0 bridgehead atoms. The molecule has 0 saturated heterocycles. The minimum atomic E-state index is -0.0672. The monoisotopic (exact) mass is 376 g/mol. The molecule has 0 radical (unpaired) electrons. The average Bonchev–Trinajstić information content (AvgIpc) is 3.37. The lowest BCUT2D eigenvalue weighted by atomic mass is 10.2. The van der Waals surface area contributed by atoms with E-state index in [1.807, 2.05) is 25.1 Å². The van der Waals surface area contributed by atoms with Gasteiger partial charge >= 0.3 is 0 Å². The molecule has 23 heavy (non-hydrogen) atoms. The normalized spacial score (nSPS) is 15.3. The van der Waals surface area contributed by atoms with Crippen molar-refractivity contribution in [1.82, 2.24) is 9.97 Å². The van der Waals surface area contributed by atoms with Gasteiger partial charge in [-0.2, -0.15) is 4.98 Å². The zero-order chi connectivity index (χ0) is 16.2. The number of nitrogens with zero attached hydrogens (tertiary/aromatic N) is 2. The topological polar surface area (TPSA) is 70.1 Å². The number of nitrogens with one attached hydrogen (secondary N) is 2. The molecule has 6 heteroatoms. The van der Waals surface area contributed by atoms with E-state index in [1.54, 1.807) is 0 Å². The number of rotatable bonds is 7. The Morgan fingerprint density at radius 2 is 2.13 bits per heavy atom. The molecule has 3 N–H and O–H groups in total. The highest BCUT2D eigenvalue weighted by molar-refractivity contribution is 9.10. The first-order valence-corrected chi connectivity index (χ1v) is 8.68. The van der Waals surface area contributed by atoms with Crippen LogP contribution in [0.3, 0.4) is 0 Å². The molecule has 5 nitrogen and oxygen atoms in total. The highest BCUT2D eigenvalue weighted by atomic mass is 79.9. The largest absolute Gasteiger partial charge is 0.394 e. The minimum Gasteiger partial charge on any atom is -0.394 e. The smallest absolute Gasteiger partial charge is 0.225 e. The lowest BCUT2D eigenvalue weighted by Crippen LogP contribution is -2.21. The second-order valence-corrected chi connectivity index (χ2v) is 6.90. The van der Waals surface area contributed by atoms with Crippen molar-refractivity contribution >= 4 is 27.7 Å². The van der Waals surface area contributed by atoms with Gasteiger partial charge < -0.3 is 15.7 Å². The van der Waals surface area contributed by atoms with Crippen molar-refractivity contribution in [2.24, 2.45) is 0 Å². The second kappa shape index (κ2) is 7.27. The molecular weight excluding hydrogens is 356 g/mol. The van der Waals surface area contributed by atoms with Crippen LogP contribution in [0.15, 0.2) is 34.8 Å². The number of aliphatic hydroxyl groups is 1. The summed E-state index contributed by atoms with van der Waals surface area (Å²) in [5.41, 5.74) is 2.26. The molecule has 1 saturated carbocycles. The van der Waals surface area contributed by atoms with Crippen molar-refractivity contribution in [2.75, 3.05) is 17.2 Å². The van der Waals surface area contributed by atoms with Crippen molar-refractivity contribution in [2.45, 2.75) is 38.3 Å². The standard InChI is InChI=1S/C17H21BrN4O/c1-11(10-23)20-17-21-15(13-5-6-13)8-16(22-17)19-9-12-3-2-4-14(18)7-12/h2-4,7-8,11,13,23H,5-6,9-10H2,1H3,(H2,19,20,21,22)/t11-/m0/s1. The molecule has 1 aliphatic rings. The van der Waals surface area contributed by atoms with Crippen molar-refractivity contribution in [3.05, 3.63) is 46.1 Å². The van der Waals surface area contributed by atoms with E-state index in [0.29, 0.717) is 18.4 Å². The van der Waals surface area contributed by atoms with Gasteiger partial charge in [-0.3, -0.25) is 0 Å². The van der Waals surface area contributed by atoms with Gasteiger partial charge in [-0.05, 0) is 37.5 Å². The van der Waals surface area contributed by atoms with Crippen LogP contribution >= 0.6 is 15.9 Å². The van der Waals surface area contributed by atoms with Crippen LogP contribution in [0.1, 0.15) is 36.9 Å². The third-order valence-electron chi connectivity index (χ3n) is 3.75. The minimum absolute atomic E-state index is 0.0534. The Labute approximate surface area is 144 Å². The quantitative estimate of drug-likeness (QED) is 0.689. The van der Waals surface area contributed by atoms with E-state index in [4.69, 9.17) is 0 Å². The zero-order valence-corrected chi connectivity index (χ0v) is 14.7. The predicted octanol–water partition coefficient (Wildman–Crippen LogP) is 3.52. The highest BCUT2D eigenvalue weighted by Crippen LogP contribution is 2.39. The van der Waals surface area contributed by atoms with Crippen molar-refractivity contribution in [3.8, 4) is 0 Å². The van der Waals surface area contributed by atoms with Crippen LogP contribution in [0.4, 0.5) is 11.8 Å². The maximum Gasteiger partial charge on any atom is 0.225 e. The molecule has 2 aromatic rings. The van der Waals surface area contributed by atoms with Gasteiger partial charge in [-0.1, -0.05) is 28.1 Å². The Morgan fingerprint density at radius 1 is 1.30 bits per heavy atom. The maximum atomic E-state index is 9.20. The molecule has 0 aliphatic heterocycles. The van der Waals surface area contributed by atoms with Crippen molar-refractivity contribution in [1.29, 1.82) is 0 Å². The van der Waals surface area contributed by atoms with E-state index < -0.39 is 0 Å². The number of hydrogen-bond acceptors (Lipinski definition) is 5. The van der Waals surface area contributed by atoms with Crippen molar-refractivity contribution in [3.63, 3.8) is 0 Å².